The van der Waals surface area contributed by atoms with Gasteiger partial charge in [0, 0.05) is 31.0 Å². The van der Waals surface area contributed by atoms with Crippen LogP contribution in [0.2, 0.25) is 0 Å². The summed E-state index contributed by atoms with van der Waals surface area (Å²) < 4.78 is 6.74. The van der Waals surface area contributed by atoms with E-state index in [4.69, 9.17) is 4.74 Å². The average Bonchev–Trinajstić information content (AvgIpc) is 3.31. The van der Waals surface area contributed by atoms with E-state index in [1.165, 1.54) is 7.11 Å². The second-order valence-corrected chi connectivity index (χ2v) is 7.25. The van der Waals surface area contributed by atoms with Gasteiger partial charge in [-0.1, -0.05) is 30.3 Å². The van der Waals surface area contributed by atoms with E-state index in [0.29, 0.717) is 32.5 Å². The molecule has 142 valence electrons. The summed E-state index contributed by atoms with van der Waals surface area (Å²) in [6.07, 6.45) is 2.79. The van der Waals surface area contributed by atoms with E-state index >= 15 is 0 Å². The van der Waals surface area contributed by atoms with E-state index in [0.717, 1.165) is 30.1 Å². The Hall–Kier alpha value is -2.70. The van der Waals surface area contributed by atoms with Crippen LogP contribution in [0.25, 0.3) is 11.4 Å². The first kappa shape index (κ1) is 17.7. The minimum absolute atomic E-state index is 0.0765. The number of rotatable bonds is 3. The molecule has 2 atom stereocenters. The molecule has 2 aromatic rings. The molecule has 2 heterocycles. The number of hydrogen-bond acceptors (Lipinski definition) is 5. The maximum atomic E-state index is 12.9. The number of nitrogens with zero attached hydrogens (tertiary/aromatic N) is 4. The lowest BCUT2D eigenvalue weighted by Gasteiger charge is -2.23. The van der Waals surface area contributed by atoms with E-state index in [2.05, 4.69) is 10.1 Å². The summed E-state index contributed by atoms with van der Waals surface area (Å²) in [6.45, 7) is 1.92. The number of aromatic nitrogens is 3. The van der Waals surface area contributed by atoms with Crippen molar-refractivity contribution in [2.75, 3.05) is 20.2 Å². The van der Waals surface area contributed by atoms with E-state index in [1.807, 2.05) is 39.9 Å². The van der Waals surface area contributed by atoms with Crippen molar-refractivity contribution in [1.82, 2.24) is 19.7 Å². The quantitative estimate of drug-likeness (QED) is 0.774. The molecule has 1 aliphatic heterocycles. The monoisotopic (exact) mass is 368 g/mol. The van der Waals surface area contributed by atoms with Crippen LogP contribution in [-0.4, -0.2) is 51.7 Å². The Labute approximate surface area is 158 Å². The van der Waals surface area contributed by atoms with Gasteiger partial charge in [-0.2, -0.15) is 5.10 Å². The molecule has 1 fully saturated rings. The number of carbonyl (C=O) groups excluding carboxylic acids is 2. The first-order valence-electron chi connectivity index (χ1n) is 9.51. The minimum atomic E-state index is -0.195. The van der Waals surface area contributed by atoms with Crippen LogP contribution in [0.5, 0.6) is 0 Å². The molecule has 0 spiro atoms. The highest BCUT2D eigenvalue weighted by Crippen LogP contribution is 2.33. The van der Waals surface area contributed by atoms with Crippen molar-refractivity contribution in [1.29, 1.82) is 0 Å². The summed E-state index contributed by atoms with van der Waals surface area (Å²) in [4.78, 5) is 31.2. The fraction of sp³-hybridized carbons (Fsp3) is 0.500. The van der Waals surface area contributed by atoms with E-state index in [-0.39, 0.29) is 23.7 Å². The topological polar surface area (TPSA) is 77.3 Å². The maximum absolute atomic E-state index is 12.9. The van der Waals surface area contributed by atoms with Gasteiger partial charge >= 0.3 is 5.97 Å². The third-order valence-corrected chi connectivity index (χ3v) is 5.60. The van der Waals surface area contributed by atoms with Crippen molar-refractivity contribution in [2.24, 2.45) is 11.8 Å². The highest BCUT2D eigenvalue weighted by molar-refractivity contribution is 5.81. The number of carbonyl (C=O) groups is 2. The van der Waals surface area contributed by atoms with Crippen molar-refractivity contribution in [3.05, 3.63) is 36.2 Å². The van der Waals surface area contributed by atoms with Crippen molar-refractivity contribution in [3.63, 3.8) is 0 Å². The summed E-state index contributed by atoms with van der Waals surface area (Å²) in [5.74, 6) is 1.40. The molecule has 0 unspecified atom stereocenters. The van der Waals surface area contributed by atoms with Gasteiger partial charge in [0.05, 0.1) is 19.6 Å². The number of fused-ring (bicyclic) bond motifs is 1. The Balaban J connectivity index is 1.40. The number of methoxy groups -OCH3 is 1. The second-order valence-electron chi connectivity index (χ2n) is 7.25. The molecule has 0 radical (unpaired) electrons. The van der Waals surface area contributed by atoms with Gasteiger partial charge in [-0.15, -0.1) is 0 Å². The van der Waals surface area contributed by atoms with Crippen LogP contribution in [0.1, 0.15) is 25.1 Å². The summed E-state index contributed by atoms with van der Waals surface area (Å²) in [5.41, 5.74) is 1.01. The number of hydrogen-bond donors (Lipinski definition) is 0. The van der Waals surface area contributed by atoms with Crippen molar-refractivity contribution in [2.45, 2.75) is 32.2 Å². The van der Waals surface area contributed by atoms with Gasteiger partial charge in [0.15, 0.2) is 5.82 Å². The molecule has 1 amide bonds. The zero-order chi connectivity index (χ0) is 18.8. The lowest BCUT2D eigenvalue weighted by molar-refractivity contribution is -0.145. The summed E-state index contributed by atoms with van der Waals surface area (Å²) in [6, 6.07) is 9.93. The highest BCUT2D eigenvalue weighted by atomic mass is 16.5. The largest absolute Gasteiger partial charge is 0.469 e. The minimum Gasteiger partial charge on any atom is -0.469 e. The van der Waals surface area contributed by atoms with Crippen LogP contribution in [0.15, 0.2) is 30.3 Å². The Morgan fingerprint density at radius 1 is 1.07 bits per heavy atom. The smallest absolute Gasteiger partial charge is 0.308 e. The summed E-state index contributed by atoms with van der Waals surface area (Å²) in [5, 5.41) is 4.63. The predicted octanol–water partition coefficient (Wildman–Crippen LogP) is 1.92. The molecule has 4 rings (SSSR count). The van der Waals surface area contributed by atoms with Gasteiger partial charge < -0.3 is 9.64 Å². The van der Waals surface area contributed by atoms with Crippen LogP contribution in [-0.2, 0) is 27.3 Å². The Morgan fingerprint density at radius 3 is 2.63 bits per heavy atom. The van der Waals surface area contributed by atoms with Gasteiger partial charge in [-0.3, -0.25) is 9.59 Å². The Bertz CT molecular complexity index is 808. The van der Waals surface area contributed by atoms with Gasteiger partial charge in [0.25, 0.3) is 0 Å². The van der Waals surface area contributed by atoms with Crippen molar-refractivity contribution in [3.8, 4) is 11.4 Å². The fourth-order valence-corrected chi connectivity index (χ4v) is 4.08. The lowest BCUT2D eigenvalue weighted by Crippen LogP contribution is -2.37. The highest BCUT2D eigenvalue weighted by Gasteiger charge is 2.36. The van der Waals surface area contributed by atoms with Gasteiger partial charge in [0.1, 0.15) is 5.82 Å². The first-order chi connectivity index (χ1) is 13.2. The standard InChI is InChI=1S/C20H24N4O3/c1-27-20(26)16-8-7-15(13-16)19(25)23-10-9-17-21-18(22-24(17)12-11-23)14-5-3-2-4-6-14/h2-6,15-16H,7-13H2,1H3/t15-,16+/m0/s1. The average molecular weight is 368 g/mol. The summed E-state index contributed by atoms with van der Waals surface area (Å²) >= 11 is 0. The third-order valence-electron chi connectivity index (χ3n) is 5.60. The SMILES string of the molecule is COC(=O)[C@@H]1CC[C@H](C(=O)N2CCc3nc(-c4ccccc4)nn3CC2)C1. The van der Waals surface area contributed by atoms with E-state index < -0.39 is 0 Å². The molecule has 0 saturated heterocycles. The summed E-state index contributed by atoms with van der Waals surface area (Å²) in [7, 11) is 1.41. The Morgan fingerprint density at radius 2 is 1.85 bits per heavy atom. The molecule has 7 nitrogen and oxygen atoms in total. The third kappa shape index (κ3) is 3.59. The van der Waals surface area contributed by atoms with Crippen molar-refractivity contribution < 1.29 is 14.3 Å². The van der Waals surface area contributed by atoms with Gasteiger partial charge in [-0.05, 0) is 19.3 Å². The second kappa shape index (κ2) is 7.50. The first-order valence-corrected chi connectivity index (χ1v) is 9.51. The van der Waals surface area contributed by atoms with Crippen LogP contribution < -0.4 is 0 Å². The molecule has 1 aromatic heterocycles. The molecular weight excluding hydrogens is 344 g/mol. The van der Waals surface area contributed by atoms with Crippen LogP contribution >= 0.6 is 0 Å². The molecule has 27 heavy (non-hydrogen) atoms. The zero-order valence-electron chi connectivity index (χ0n) is 15.5. The normalized spacial score (nSPS) is 22.2. The van der Waals surface area contributed by atoms with Gasteiger partial charge in [0.2, 0.25) is 5.91 Å². The molecule has 0 N–H and O–H groups in total. The molecule has 0 bridgehead atoms. The van der Waals surface area contributed by atoms with Crippen LogP contribution in [0, 0.1) is 11.8 Å². The van der Waals surface area contributed by atoms with Crippen LogP contribution in [0.3, 0.4) is 0 Å². The zero-order valence-corrected chi connectivity index (χ0v) is 15.5. The lowest BCUT2D eigenvalue weighted by atomic mass is 10.0. The predicted molar refractivity (Wildman–Crippen MR) is 98.6 cm³/mol. The Kier molecular flexibility index (Phi) is 4.92. The number of esters is 1. The van der Waals surface area contributed by atoms with Crippen molar-refractivity contribution >= 4 is 11.9 Å². The molecule has 2 aliphatic rings. The number of ether oxygens (including phenoxy) is 1. The number of amides is 1. The number of benzene rings is 1. The fourth-order valence-electron chi connectivity index (χ4n) is 4.08. The molecule has 1 aliphatic carbocycles. The van der Waals surface area contributed by atoms with E-state index in [1.54, 1.807) is 0 Å². The maximum Gasteiger partial charge on any atom is 0.308 e. The molecule has 7 heteroatoms. The van der Waals surface area contributed by atoms with Crippen LogP contribution in [0.4, 0.5) is 0 Å². The van der Waals surface area contributed by atoms with E-state index in [9.17, 15) is 9.59 Å². The van der Waals surface area contributed by atoms with Gasteiger partial charge in [-0.25, -0.2) is 9.67 Å². The molecule has 1 aromatic carbocycles. The molecular formula is C20H24N4O3. The molecule has 1 saturated carbocycles.